The van der Waals surface area contributed by atoms with Crippen LogP contribution in [0.15, 0.2) is 11.5 Å². The predicted molar refractivity (Wildman–Crippen MR) is 247 cm³/mol. The Labute approximate surface area is 410 Å². The number of carbonyl (C=O) groups excluding carboxylic acids is 3. The molecule has 13 N–H and O–H groups in total. The van der Waals surface area contributed by atoms with E-state index in [0.717, 1.165) is 12.8 Å². The standard InChI is InChI=1S/C46H85N3O21/c1-29(53)47-32-22-35(57)40(59)37(24-51)69-44(32)67-20-12-6-9-17-64-27-46(4,26-63-16-8-5-11-19-66-43(62)39(49-31(3)55)42(61)34(56)14-15-50)28-65-18-10-7-13-21-68-45-33(48-30(2)54)23-36(58)41(60)38(25-52)70-45/h32-38,40-41,43-45,50-52,56-62H,5-28H2,1-4H3,(H,47,53)(H,48,54)(H,49,55)/b42-39+/t32?,33?,34-,35?,36?,37?,38?,40+,41+,43-,44+,45+,46?/m0/s1. The largest absolute Gasteiger partial charge is 0.508 e. The number of hydrogen-bond donors (Lipinski definition) is 13. The average molecular weight is 1020 g/mol. The lowest BCUT2D eigenvalue weighted by Crippen LogP contribution is -2.46. The minimum atomic E-state index is -1.72. The summed E-state index contributed by atoms with van der Waals surface area (Å²) in [6.45, 7) is 7.09. The van der Waals surface area contributed by atoms with Gasteiger partial charge in [0.05, 0.1) is 63.9 Å². The fourth-order valence-electron chi connectivity index (χ4n) is 7.69. The summed E-state index contributed by atoms with van der Waals surface area (Å²) in [5, 5.41) is 108. The van der Waals surface area contributed by atoms with Gasteiger partial charge in [-0.15, -0.1) is 0 Å². The number of aliphatic hydroxyl groups excluding tert-OH is 10. The first-order chi connectivity index (χ1) is 33.4. The highest BCUT2D eigenvalue weighted by Crippen LogP contribution is 2.24. The van der Waals surface area contributed by atoms with Crippen LogP contribution in [0.4, 0.5) is 0 Å². The molecule has 2 saturated heterocycles. The highest BCUT2D eigenvalue weighted by atomic mass is 16.7. The first-order valence-electron chi connectivity index (χ1n) is 24.4. The summed E-state index contributed by atoms with van der Waals surface area (Å²) in [4.78, 5) is 35.2. The molecule has 0 bridgehead atoms. The lowest BCUT2D eigenvalue weighted by atomic mass is 9.94. The number of carbonyl (C=O) groups is 3. The van der Waals surface area contributed by atoms with Crippen LogP contribution in [0, 0.1) is 5.41 Å². The van der Waals surface area contributed by atoms with Gasteiger partial charge in [0.2, 0.25) is 17.7 Å². The van der Waals surface area contributed by atoms with Gasteiger partial charge in [-0.1, -0.05) is 6.92 Å². The Bertz CT molecular complexity index is 1410. The molecule has 0 aliphatic carbocycles. The van der Waals surface area contributed by atoms with Gasteiger partial charge >= 0.3 is 0 Å². The van der Waals surface area contributed by atoms with Crippen LogP contribution in [0.2, 0.25) is 0 Å². The molecule has 0 aromatic heterocycles. The smallest absolute Gasteiger partial charge is 0.221 e. The molecule has 2 aliphatic rings. The number of rotatable bonds is 36. The molecule has 3 amide bonds. The normalized spacial score (nSPS) is 27.3. The summed E-state index contributed by atoms with van der Waals surface area (Å²) in [5.41, 5.74) is -0.931. The fraction of sp³-hybridized carbons (Fsp3) is 0.891. The highest BCUT2D eigenvalue weighted by Gasteiger charge is 2.41. The van der Waals surface area contributed by atoms with E-state index in [-0.39, 0.29) is 50.9 Å². The minimum absolute atomic E-state index is 0.0168. The van der Waals surface area contributed by atoms with E-state index in [0.29, 0.717) is 84.6 Å². The highest BCUT2D eigenvalue weighted by molar-refractivity contribution is 5.75. The molecule has 2 fully saturated rings. The van der Waals surface area contributed by atoms with Crippen LogP contribution < -0.4 is 16.0 Å². The number of ether oxygens (including phenoxy) is 8. The molecule has 2 aliphatic heterocycles. The fourth-order valence-corrected chi connectivity index (χ4v) is 7.69. The van der Waals surface area contributed by atoms with Gasteiger partial charge in [0.1, 0.15) is 42.0 Å². The van der Waals surface area contributed by atoms with Crippen molar-refractivity contribution in [1.29, 1.82) is 0 Å². The predicted octanol–water partition coefficient (Wildman–Crippen LogP) is -1.76. The Balaban J connectivity index is 1.86. The molecule has 24 heteroatoms. The van der Waals surface area contributed by atoms with Crippen molar-refractivity contribution < 1.29 is 103 Å². The summed E-state index contributed by atoms with van der Waals surface area (Å²) in [7, 11) is 0. The van der Waals surface area contributed by atoms with Crippen LogP contribution in [0.5, 0.6) is 0 Å². The lowest BCUT2D eigenvalue weighted by Gasteiger charge is -2.29. The van der Waals surface area contributed by atoms with Gasteiger partial charge in [0.25, 0.3) is 0 Å². The van der Waals surface area contributed by atoms with Crippen LogP contribution in [0.25, 0.3) is 0 Å². The number of unbranched alkanes of at least 4 members (excludes halogenated alkanes) is 6. The molecule has 0 aromatic carbocycles. The maximum atomic E-state index is 11.8. The van der Waals surface area contributed by atoms with Crippen LogP contribution in [-0.2, 0) is 52.3 Å². The summed E-state index contributed by atoms with van der Waals surface area (Å²) >= 11 is 0. The van der Waals surface area contributed by atoms with Crippen molar-refractivity contribution in [1.82, 2.24) is 16.0 Å². The van der Waals surface area contributed by atoms with Gasteiger partial charge < -0.3 is 105 Å². The Morgan fingerprint density at radius 2 is 1.01 bits per heavy atom. The van der Waals surface area contributed by atoms with Gasteiger partial charge in [0.15, 0.2) is 18.9 Å². The van der Waals surface area contributed by atoms with Gasteiger partial charge in [-0.05, 0) is 57.8 Å². The molecule has 6 unspecified atom stereocenters. The Morgan fingerprint density at radius 1 is 0.614 bits per heavy atom. The topological polar surface area (TPSA) is 363 Å². The molecular weight excluding hydrogens is 931 g/mol. The maximum absolute atomic E-state index is 11.8. The zero-order chi connectivity index (χ0) is 52.1. The number of hydrogen-bond acceptors (Lipinski definition) is 21. The zero-order valence-electron chi connectivity index (χ0n) is 41.4. The SMILES string of the molecule is CC(=O)N/C(=C(/O)[C@@H](O)CCO)[C@@H](O)OCCCCCOCC(C)(COCCCCCO[C@@H]1OC(CO)[C@H](O)C(O)CC1NC(C)=O)COCCCCCO[C@@H]1OC(CO)[C@H](O)C(O)CC1NC(C)=O. The number of aliphatic hydroxyl groups is 10. The first kappa shape index (κ1) is 63.4. The molecular formula is C46H85N3O21. The molecule has 410 valence electrons. The lowest BCUT2D eigenvalue weighted by molar-refractivity contribution is -0.205. The van der Waals surface area contributed by atoms with Gasteiger partial charge in [-0.3, -0.25) is 14.4 Å². The third kappa shape index (κ3) is 24.8. The molecule has 70 heavy (non-hydrogen) atoms. The number of nitrogens with one attached hydrogen (secondary N) is 3. The monoisotopic (exact) mass is 1020 g/mol. The quantitative estimate of drug-likeness (QED) is 0.0188. The van der Waals surface area contributed by atoms with E-state index < -0.39 is 116 Å². The molecule has 2 heterocycles. The second-order valence-electron chi connectivity index (χ2n) is 18.3. The molecule has 12 atom stereocenters. The summed E-state index contributed by atoms with van der Waals surface area (Å²) in [5.74, 6) is -2.02. The van der Waals surface area contributed by atoms with Gasteiger partial charge in [-0.25, -0.2) is 0 Å². The van der Waals surface area contributed by atoms with Crippen molar-refractivity contribution in [3.05, 3.63) is 11.5 Å². The van der Waals surface area contributed by atoms with Crippen LogP contribution in [-0.4, -0.2) is 222 Å². The Kier molecular flexibility index (Phi) is 32.1. The summed E-state index contributed by atoms with van der Waals surface area (Å²) in [6.07, 6.45) is -6.86. The van der Waals surface area contributed by atoms with E-state index in [1.807, 2.05) is 6.92 Å². The number of amides is 3. The summed E-state index contributed by atoms with van der Waals surface area (Å²) in [6, 6.07) is -1.46. The van der Waals surface area contributed by atoms with Crippen LogP contribution in [0.1, 0.15) is 105 Å². The van der Waals surface area contributed by atoms with Crippen molar-refractivity contribution >= 4 is 17.7 Å². The van der Waals surface area contributed by atoms with Gasteiger partial charge in [-0.2, -0.15) is 0 Å². The van der Waals surface area contributed by atoms with Crippen molar-refractivity contribution in [3.8, 4) is 0 Å². The van der Waals surface area contributed by atoms with Gasteiger partial charge in [0, 0.05) is 85.1 Å². The van der Waals surface area contributed by atoms with E-state index in [1.54, 1.807) is 0 Å². The second kappa shape index (κ2) is 35.4. The Hall–Kier alpha value is -2.73. The second-order valence-corrected chi connectivity index (χ2v) is 18.3. The van der Waals surface area contributed by atoms with E-state index in [9.17, 15) is 60.3 Å². The zero-order valence-corrected chi connectivity index (χ0v) is 41.4. The van der Waals surface area contributed by atoms with E-state index in [2.05, 4.69) is 16.0 Å². The molecule has 0 spiro atoms. The third-order valence-electron chi connectivity index (χ3n) is 11.5. The van der Waals surface area contributed by atoms with Crippen molar-refractivity contribution in [3.63, 3.8) is 0 Å². The van der Waals surface area contributed by atoms with E-state index in [4.69, 9.17) is 43.0 Å². The van der Waals surface area contributed by atoms with Crippen molar-refractivity contribution in [2.24, 2.45) is 5.41 Å². The van der Waals surface area contributed by atoms with Crippen molar-refractivity contribution in [2.45, 2.75) is 178 Å². The first-order valence-corrected chi connectivity index (χ1v) is 24.4. The molecule has 2 rings (SSSR count). The molecule has 0 aromatic rings. The summed E-state index contributed by atoms with van der Waals surface area (Å²) < 4.78 is 47.0. The minimum Gasteiger partial charge on any atom is -0.508 e. The average Bonchev–Trinajstić information content (AvgIpc) is 3.49. The molecule has 0 radical (unpaired) electrons. The van der Waals surface area contributed by atoms with E-state index >= 15 is 0 Å². The molecule has 24 nitrogen and oxygen atoms in total. The third-order valence-corrected chi connectivity index (χ3v) is 11.5. The van der Waals surface area contributed by atoms with Crippen LogP contribution >= 0.6 is 0 Å². The van der Waals surface area contributed by atoms with Crippen LogP contribution in [0.3, 0.4) is 0 Å². The Morgan fingerprint density at radius 3 is 1.39 bits per heavy atom. The van der Waals surface area contributed by atoms with Crippen molar-refractivity contribution in [2.75, 3.05) is 79.3 Å². The molecule has 0 saturated carbocycles. The van der Waals surface area contributed by atoms with E-state index in [1.165, 1.54) is 20.8 Å². The maximum Gasteiger partial charge on any atom is 0.221 e.